The molecular weight excluding hydrogens is 356 g/mol. The van der Waals surface area contributed by atoms with Crippen molar-refractivity contribution < 1.29 is 18.7 Å². The van der Waals surface area contributed by atoms with Gasteiger partial charge in [0.05, 0.1) is 6.54 Å². The molecule has 1 aromatic carbocycles. The van der Waals surface area contributed by atoms with Crippen LogP contribution in [0.25, 0.3) is 11.0 Å². The van der Waals surface area contributed by atoms with Crippen molar-refractivity contribution in [3.05, 3.63) is 35.6 Å². The molecule has 2 fully saturated rings. The van der Waals surface area contributed by atoms with Gasteiger partial charge in [0.1, 0.15) is 16.9 Å². The number of hydrogen-bond donors (Lipinski definition) is 0. The SMILES string of the molecule is CCC[C@@H](C)N1CC2(CCN(C(=O)c3ccc4oc(C)cc4c3)CC2)OC1=O. The average molecular weight is 384 g/mol. The Morgan fingerprint density at radius 3 is 2.71 bits per heavy atom. The van der Waals surface area contributed by atoms with E-state index >= 15 is 0 Å². The maximum Gasteiger partial charge on any atom is 0.410 e. The van der Waals surface area contributed by atoms with E-state index in [1.165, 1.54) is 0 Å². The zero-order chi connectivity index (χ0) is 19.9. The van der Waals surface area contributed by atoms with Crippen molar-refractivity contribution in [1.82, 2.24) is 9.80 Å². The van der Waals surface area contributed by atoms with E-state index in [0.29, 0.717) is 38.0 Å². The molecule has 0 aliphatic carbocycles. The lowest BCUT2D eigenvalue weighted by Crippen LogP contribution is -2.49. The van der Waals surface area contributed by atoms with Crippen molar-refractivity contribution in [3.8, 4) is 0 Å². The van der Waals surface area contributed by atoms with E-state index in [1.807, 2.05) is 41.0 Å². The van der Waals surface area contributed by atoms with Crippen LogP contribution in [-0.2, 0) is 4.74 Å². The van der Waals surface area contributed by atoms with E-state index < -0.39 is 5.60 Å². The number of likely N-dealkylation sites (tertiary alicyclic amines) is 1. The van der Waals surface area contributed by atoms with Crippen LogP contribution in [0.2, 0.25) is 0 Å². The van der Waals surface area contributed by atoms with Gasteiger partial charge in [0, 0.05) is 42.9 Å². The third kappa shape index (κ3) is 3.36. The minimum absolute atomic E-state index is 0.0242. The number of piperidine rings is 1. The van der Waals surface area contributed by atoms with E-state index in [9.17, 15) is 9.59 Å². The van der Waals surface area contributed by atoms with Gasteiger partial charge in [0.25, 0.3) is 5.91 Å². The quantitative estimate of drug-likeness (QED) is 0.786. The molecule has 0 bridgehead atoms. The van der Waals surface area contributed by atoms with E-state index in [2.05, 4.69) is 13.8 Å². The Kier molecular flexibility index (Phi) is 4.81. The average Bonchev–Trinajstić information content (AvgIpc) is 3.20. The molecule has 4 rings (SSSR count). The Labute approximate surface area is 165 Å². The second kappa shape index (κ2) is 7.15. The normalized spacial score (nSPS) is 20.0. The van der Waals surface area contributed by atoms with Crippen molar-refractivity contribution in [1.29, 1.82) is 0 Å². The number of carbonyl (C=O) groups excluding carboxylic acids is 2. The Hall–Kier alpha value is -2.50. The Morgan fingerprint density at radius 2 is 2.00 bits per heavy atom. The summed E-state index contributed by atoms with van der Waals surface area (Å²) in [5.41, 5.74) is 1.03. The third-order valence-corrected chi connectivity index (χ3v) is 6.08. The number of amides is 2. The lowest BCUT2D eigenvalue weighted by molar-refractivity contribution is 0.00307. The van der Waals surface area contributed by atoms with E-state index in [1.54, 1.807) is 0 Å². The van der Waals surface area contributed by atoms with Gasteiger partial charge in [0.15, 0.2) is 0 Å². The van der Waals surface area contributed by atoms with Gasteiger partial charge < -0.3 is 19.0 Å². The van der Waals surface area contributed by atoms with E-state index in [-0.39, 0.29) is 18.0 Å². The van der Waals surface area contributed by atoms with Gasteiger partial charge >= 0.3 is 6.09 Å². The number of benzene rings is 1. The number of fused-ring (bicyclic) bond motifs is 1. The summed E-state index contributed by atoms with van der Waals surface area (Å²) >= 11 is 0. The summed E-state index contributed by atoms with van der Waals surface area (Å²) in [6.45, 7) is 7.94. The Balaban J connectivity index is 1.42. The number of aryl methyl sites for hydroxylation is 1. The van der Waals surface area contributed by atoms with Gasteiger partial charge in [-0.1, -0.05) is 13.3 Å². The highest BCUT2D eigenvalue weighted by Gasteiger charge is 2.48. The van der Waals surface area contributed by atoms with Crippen LogP contribution in [0, 0.1) is 6.92 Å². The zero-order valence-electron chi connectivity index (χ0n) is 16.9. The van der Waals surface area contributed by atoms with Crippen LogP contribution in [0.3, 0.4) is 0 Å². The van der Waals surface area contributed by atoms with E-state index in [0.717, 1.165) is 29.6 Å². The van der Waals surface area contributed by atoms with Crippen molar-refractivity contribution in [2.24, 2.45) is 0 Å². The van der Waals surface area contributed by atoms with Gasteiger partial charge in [-0.25, -0.2) is 4.79 Å². The summed E-state index contributed by atoms with van der Waals surface area (Å²) in [5, 5.41) is 0.946. The van der Waals surface area contributed by atoms with Gasteiger partial charge in [-0.3, -0.25) is 4.79 Å². The van der Waals surface area contributed by atoms with Crippen LogP contribution in [0.4, 0.5) is 4.79 Å². The molecule has 6 nitrogen and oxygen atoms in total. The van der Waals surface area contributed by atoms with Crippen molar-refractivity contribution in [2.75, 3.05) is 19.6 Å². The van der Waals surface area contributed by atoms with Crippen LogP contribution in [0.1, 0.15) is 55.6 Å². The van der Waals surface area contributed by atoms with Crippen LogP contribution < -0.4 is 0 Å². The number of hydrogen-bond acceptors (Lipinski definition) is 4. The molecule has 6 heteroatoms. The molecule has 1 spiro atoms. The first-order chi connectivity index (χ1) is 13.4. The molecule has 28 heavy (non-hydrogen) atoms. The fraction of sp³-hybridized carbons (Fsp3) is 0.545. The lowest BCUT2D eigenvalue weighted by Gasteiger charge is -2.37. The van der Waals surface area contributed by atoms with Gasteiger partial charge in [0.2, 0.25) is 0 Å². The summed E-state index contributed by atoms with van der Waals surface area (Å²) in [4.78, 5) is 29.0. The molecule has 2 amide bonds. The van der Waals surface area contributed by atoms with E-state index in [4.69, 9.17) is 9.15 Å². The van der Waals surface area contributed by atoms with Crippen LogP contribution in [0.15, 0.2) is 28.7 Å². The first-order valence-corrected chi connectivity index (χ1v) is 10.2. The topological polar surface area (TPSA) is 63.0 Å². The molecule has 2 aromatic rings. The maximum atomic E-state index is 13.0. The molecule has 150 valence electrons. The summed E-state index contributed by atoms with van der Waals surface area (Å²) in [7, 11) is 0. The van der Waals surface area contributed by atoms with Crippen molar-refractivity contribution in [3.63, 3.8) is 0 Å². The summed E-state index contributed by atoms with van der Waals surface area (Å²) in [6.07, 6.45) is 3.19. The number of furan rings is 1. The molecule has 1 aromatic heterocycles. The predicted molar refractivity (Wildman–Crippen MR) is 106 cm³/mol. The minimum atomic E-state index is -0.443. The van der Waals surface area contributed by atoms with Crippen molar-refractivity contribution >= 4 is 23.0 Å². The predicted octanol–water partition coefficient (Wildman–Crippen LogP) is 4.36. The lowest BCUT2D eigenvalue weighted by atomic mass is 9.90. The second-order valence-corrected chi connectivity index (χ2v) is 8.22. The minimum Gasteiger partial charge on any atom is -0.461 e. The molecular formula is C22H28N2O4. The van der Waals surface area contributed by atoms with Gasteiger partial charge in [-0.15, -0.1) is 0 Å². The third-order valence-electron chi connectivity index (χ3n) is 6.08. The monoisotopic (exact) mass is 384 g/mol. The van der Waals surface area contributed by atoms with Crippen LogP contribution in [-0.4, -0.2) is 53.1 Å². The summed E-state index contributed by atoms with van der Waals surface area (Å²) in [5.74, 6) is 0.862. The highest BCUT2D eigenvalue weighted by molar-refractivity contribution is 5.98. The zero-order valence-corrected chi connectivity index (χ0v) is 16.9. The number of rotatable bonds is 4. The first-order valence-electron chi connectivity index (χ1n) is 10.2. The largest absolute Gasteiger partial charge is 0.461 e. The molecule has 1 atom stereocenters. The molecule has 2 aliphatic rings. The highest BCUT2D eigenvalue weighted by atomic mass is 16.6. The van der Waals surface area contributed by atoms with Gasteiger partial charge in [-0.05, 0) is 44.5 Å². The molecule has 0 N–H and O–H groups in total. The molecule has 0 saturated carbocycles. The van der Waals surface area contributed by atoms with Crippen molar-refractivity contribution in [2.45, 2.75) is 58.1 Å². The van der Waals surface area contributed by atoms with Crippen LogP contribution in [0.5, 0.6) is 0 Å². The Bertz CT molecular complexity index is 895. The molecule has 0 unspecified atom stereocenters. The summed E-state index contributed by atoms with van der Waals surface area (Å²) < 4.78 is 11.4. The number of nitrogens with zero attached hydrogens (tertiary/aromatic N) is 2. The second-order valence-electron chi connectivity index (χ2n) is 8.22. The number of ether oxygens (including phenoxy) is 1. The fourth-order valence-corrected chi connectivity index (χ4v) is 4.43. The van der Waals surface area contributed by atoms with Gasteiger partial charge in [-0.2, -0.15) is 0 Å². The standard InChI is InChI=1S/C22H28N2O4/c1-4-5-15(2)24-14-22(28-21(24)26)8-10-23(11-9-22)20(25)17-6-7-19-18(13-17)12-16(3)27-19/h6-7,12-13,15H,4-5,8-11,14H2,1-3H3/t15-/m1/s1. The molecule has 2 saturated heterocycles. The highest BCUT2D eigenvalue weighted by Crippen LogP contribution is 2.35. The molecule has 2 aliphatic heterocycles. The maximum absolute atomic E-state index is 13.0. The van der Waals surface area contributed by atoms with Crippen LogP contribution >= 0.6 is 0 Å². The molecule has 0 radical (unpaired) electrons. The first kappa shape index (κ1) is 18.8. The number of carbonyl (C=O) groups is 2. The summed E-state index contributed by atoms with van der Waals surface area (Å²) in [6, 6.07) is 7.71. The molecule has 3 heterocycles. The smallest absolute Gasteiger partial charge is 0.410 e. The Morgan fingerprint density at radius 1 is 1.25 bits per heavy atom. The fourth-order valence-electron chi connectivity index (χ4n) is 4.43.